The predicted octanol–water partition coefficient (Wildman–Crippen LogP) is 2.91. The van der Waals surface area contributed by atoms with Crippen LogP contribution in [0.15, 0.2) is 48.5 Å². The molecule has 0 atom stereocenters. The highest BCUT2D eigenvalue weighted by Gasteiger charge is 2.04. The van der Waals surface area contributed by atoms with Crippen molar-refractivity contribution in [3.8, 4) is 11.8 Å². The Morgan fingerprint density at radius 1 is 1.24 bits per heavy atom. The molecule has 0 heterocycles. The standard InChI is InChI=1S/C16H13FN2O2/c17-13-2-1-3-15(10-13)21-11-16(20)19-14-6-4-12(5-7-14)8-9-18/h1-7,10H,8,11H2,(H,19,20). The van der Waals surface area contributed by atoms with Gasteiger partial charge in [-0.05, 0) is 29.8 Å². The first kappa shape index (κ1) is 14.5. The highest BCUT2D eigenvalue weighted by Crippen LogP contribution is 2.13. The van der Waals surface area contributed by atoms with E-state index in [1.165, 1.54) is 18.2 Å². The van der Waals surface area contributed by atoms with Gasteiger partial charge in [0.2, 0.25) is 0 Å². The van der Waals surface area contributed by atoms with Gasteiger partial charge in [0.15, 0.2) is 6.61 Å². The van der Waals surface area contributed by atoms with Crippen molar-refractivity contribution in [1.82, 2.24) is 0 Å². The number of hydrogen-bond donors (Lipinski definition) is 1. The number of hydrogen-bond acceptors (Lipinski definition) is 3. The second kappa shape index (κ2) is 7.06. The zero-order valence-corrected chi connectivity index (χ0v) is 11.2. The van der Waals surface area contributed by atoms with Crippen LogP contribution in [0.25, 0.3) is 0 Å². The lowest BCUT2D eigenvalue weighted by molar-refractivity contribution is -0.118. The van der Waals surface area contributed by atoms with E-state index in [4.69, 9.17) is 10.00 Å². The summed E-state index contributed by atoms with van der Waals surface area (Å²) in [4.78, 5) is 11.7. The van der Waals surface area contributed by atoms with Crippen molar-refractivity contribution in [2.75, 3.05) is 11.9 Å². The van der Waals surface area contributed by atoms with Gasteiger partial charge in [-0.2, -0.15) is 5.26 Å². The third-order valence-electron chi connectivity index (χ3n) is 2.69. The molecule has 0 aromatic heterocycles. The highest BCUT2D eigenvalue weighted by molar-refractivity contribution is 5.91. The fraction of sp³-hybridized carbons (Fsp3) is 0.125. The van der Waals surface area contributed by atoms with Crippen LogP contribution in [0.1, 0.15) is 5.56 Å². The fourth-order valence-corrected chi connectivity index (χ4v) is 1.70. The maximum Gasteiger partial charge on any atom is 0.262 e. The molecule has 2 aromatic carbocycles. The lowest BCUT2D eigenvalue weighted by atomic mass is 10.1. The molecule has 1 N–H and O–H groups in total. The van der Waals surface area contributed by atoms with Crippen molar-refractivity contribution < 1.29 is 13.9 Å². The van der Waals surface area contributed by atoms with E-state index in [0.717, 1.165) is 5.56 Å². The molecule has 0 unspecified atom stereocenters. The number of nitrogens with one attached hydrogen (secondary N) is 1. The summed E-state index contributed by atoms with van der Waals surface area (Å²) in [7, 11) is 0. The van der Waals surface area contributed by atoms with Crippen LogP contribution in [0, 0.1) is 17.1 Å². The molecule has 0 aliphatic carbocycles. The third-order valence-corrected chi connectivity index (χ3v) is 2.69. The monoisotopic (exact) mass is 284 g/mol. The summed E-state index contributed by atoms with van der Waals surface area (Å²) in [5.41, 5.74) is 1.50. The van der Waals surface area contributed by atoms with Crippen LogP contribution in [0.5, 0.6) is 5.75 Å². The average molecular weight is 284 g/mol. The number of anilines is 1. The topological polar surface area (TPSA) is 62.1 Å². The molecule has 0 spiro atoms. The molecule has 0 saturated carbocycles. The van der Waals surface area contributed by atoms with E-state index in [1.807, 2.05) is 6.07 Å². The molecule has 2 aromatic rings. The number of carbonyl (C=O) groups is 1. The molecule has 106 valence electrons. The molecule has 0 aliphatic rings. The summed E-state index contributed by atoms with van der Waals surface area (Å²) in [5.74, 6) is -0.456. The molecule has 5 heteroatoms. The van der Waals surface area contributed by atoms with E-state index >= 15 is 0 Å². The summed E-state index contributed by atoms with van der Waals surface area (Å²) in [6.07, 6.45) is 0.330. The Balaban J connectivity index is 1.85. The van der Waals surface area contributed by atoms with E-state index in [9.17, 15) is 9.18 Å². The SMILES string of the molecule is N#CCc1ccc(NC(=O)COc2cccc(F)c2)cc1. The number of ether oxygens (including phenoxy) is 1. The van der Waals surface area contributed by atoms with Gasteiger partial charge in [-0.25, -0.2) is 4.39 Å². The lowest BCUT2D eigenvalue weighted by Gasteiger charge is -2.08. The van der Waals surface area contributed by atoms with Gasteiger partial charge in [-0.3, -0.25) is 4.79 Å². The minimum atomic E-state index is -0.416. The Hall–Kier alpha value is -2.87. The van der Waals surface area contributed by atoms with Crippen LogP contribution in [-0.4, -0.2) is 12.5 Å². The molecule has 21 heavy (non-hydrogen) atoms. The minimum Gasteiger partial charge on any atom is -0.484 e. The van der Waals surface area contributed by atoms with E-state index < -0.39 is 5.82 Å². The van der Waals surface area contributed by atoms with Gasteiger partial charge in [0.25, 0.3) is 5.91 Å². The summed E-state index contributed by atoms with van der Waals surface area (Å²) < 4.78 is 18.1. The number of halogens is 1. The van der Waals surface area contributed by atoms with Gasteiger partial charge < -0.3 is 10.1 Å². The molecule has 0 aliphatic heterocycles. The van der Waals surface area contributed by atoms with Crippen molar-refractivity contribution in [3.05, 3.63) is 59.9 Å². The van der Waals surface area contributed by atoms with E-state index in [-0.39, 0.29) is 12.5 Å². The van der Waals surface area contributed by atoms with Crippen LogP contribution >= 0.6 is 0 Å². The van der Waals surface area contributed by atoms with Gasteiger partial charge in [0, 0.05) is 11.8 Å². The number of benzene rings is 2. The van der Waals surface area contributed by atoms with Crippen molar-refractivity contribution in [2.24, 2.45) is 0 Å². The first-order valence-electron chi connectivity index (χ1n) is 6.31. The molecule has 4 nitrogen and oxygen atoms in total. The molecule has 0 radical (unpaired) electrons. The van der Waals surface area contributed by atoms with E-state index in [0.29, 0.717) is 17.9 Å². The van der Waals surface area contributed by atoms with Crippen LogP contribution in [0.3, 0.4) is 0 Å². The summed E-state index contributed by atoms with van der Waals surface area (Å²) in [5, 5.41) is 11.2. The van der Waals surface area contributed by atoms with Crippen LogP contribution in [0.4, 0.5) is 10.1 Å². The predicted molar refractivity (Wildman–Crippen MR) is 76.3 cm³/mol. The largest absolute Gasteiger partial charge is 0.484 e. The summed E-state index contributed by atoms with van der Waals surface area (Å²) in [6.45, 7) is -0.205. The minimum absolute atomic E-state index is 0.205. The Kier molecular flexibility index (Phi) is 4.89. The van der Waals surface area contributed by atoms with E-state index in [2.05, 4.69) is 5.32 Å². The van der Waals surface area contributed by atoms with Gasteiger partial charge in [-0.1, -0.05) is 18.2 Å². The lowest BCUT2D eigenvalue weighted by Crippen LogP contribution is -2.20. The van der Waals surface area contributed by atoms with Crippen molar-refractivity contribution in [2.45, 2.75) is 6.42 Å². The molecule has 1 amide bonds. The van der Waals surface area contributed by atoms with Crippen molar-refractivity contribution in [3.63, 3.8) is 0 Å². The molecule has 2 rings (SSSR count). The molecule has 0 bridgehead atoms. The molecular weight excluding hydrogens is 271 g/mol. The van der Waals surface area contributed by atoms with Gasteiger partial charge in [-0.15, -0.1) is 0 Å². The Morgan fingerprint density at radius 3 is 2.67 bits per heavy atom. The first-order valence-corrected chi connectivity index (χ1v) is 6.31. The maximum absolute atomic E-state index is 12.9. The smallest absolute Gasteiger partial charge is 0.262 e. The Labute approximate surface area is 121 Å². The molecule has 0 fully saturated rings. The number of carbonyl (C=O) groups excluding carboxylic acids is 1. The first-order chi connectivity index (χ1) is 10.2. The third kappa shape index (κ3) is 4.62. The van der Waals surface area contributed by atoms with Crippen molar-refractivity contribution >= 4 is 11.6 Å². The average Bonchev–Trinajstić information content (AvgIpc) is 2.48. The summed E-state index contributed by atoms with van der Waals surface area (Å²) in [6, 6.07) is 14.6. The second-order valence-electron chi connectivity index (χ2n) is 4.33. The zero-order valence-electron chi connectivity index (χ0n) is 11.2. The van der Waals surface area contributed by atoms with Crippen LogP contribution in [0.2, 0.25) is 0 Å². The van der Waals surface area contributed by atoms with Gasteiger partial charge >= 0.3 is 0 Å². The number of nitrogens with zero attached hydrogens (tertiary/aromatic N) is 1. The maximum atomic E-state index is 12.9. The Bertz CT molecular complexity index is 663. The summed E-state index contributed by atoms with van der Waals surface area (Å²) >= 11 is 0. The quantitative estimate of drug-likeness (QED) is 0.918. The molecule has 0 saturated heterocycles. The van der Waals surface area contributed by atoms with Gasteiger partial charge in [0.05, 0.1) is 12.5 Å². The van der Waals surface area contributed by atoms with Gasteiger partial charge in [0.1, 0.15) is 11.6 Å². The number of rotatable bonds is 5. The van der Waals surface area contributed by atoms with E-state index in [1.54, 1.807) is 30.3 Å². The number of nitriles is 1. The van der Waals surface area contributed by atoms with Crippen LogP contribution in [-0.2, 0) is 11.2 Å². The second-order valence-corrected chi connectivity index (χ2v) is 4.33. The zero-order chi connectivity index (χ0) is 15.1. The van der Waals surface area contributed by atoms with Crippen molar-refractivity contribution in [1.29, 1.82) is 5.26 Å². The van der Waals surface area contributed by atoms with Crippen LogP contribution < -0.4 is 10.1 Å². The fourth-order valence-electron chi connectivity index (χ4n) is 1.70. The Morgan fingerprint density at radius 2 is 2.00 bits per heavy atom. The normalized spacial score (nSPS) is 9.71. The molecular formula is C16H13FN2O2. The number of amides is 1. The highest BCUT2D eigenvalue weighted by atomic mass is 19.1.